The molecule has 6 heteroatoms. The lowest BCUT2D eigenvalue weighted by atomic mass is 10.1. The normalized spacial score (nSPS) is 21.1. The van der Waals surface area contributed by atoms with Crippen LogP contribution in [0.3, 0.4) is 0 Å². The van der Waals surface area contributed by atoms with Gasteiger partial charge >= 0.3 is 0 Å². The number of ether oxygens (including phenoxy) is 1. The van der Waals surface area contributed by atoms with Crippen LogP contribution in [0.5, 0.6) is 0 Å². The zero-order chi connectivity index (χ0) is 17.1. The highest BCUT2D eigenvalue weighted by Gasteiger charge is 2.23. The summed E-state index contributed by atoms with van der Waals surface area (Å²) < 4.78 is 5.54. The molecule has 2 aromatic heterocycles. The van der Waals surface area contributed by atoms with Crippen molar-refractivity contribution in [3.8, 4) is 0 Å². The van der Waals surface area contributed by atoms with Crippen LogP contribution in [0.4, 0.5) is 5.82 Å². The fourth-order valence-corrected chi connectivity index (χ4v) is 4.44. The minimum absolute atomic E-state index is 0.699. The molecule has 134 valence electrons. The van der Waals surface area contributed by atoms with Crippen LogP contribution < -0.4 is 5.32 Å². The van der Waals surface area contributed by atoms with Crippen LogP contribution in [0, 0.1) is 12.8 Å². The molecule has 2 aliphatic rings. The van der Waals surface area contributed by atoms with Gasteiger partial charge in [-0.1, -0.05) is 0 Å². The molecule has 1 unspecified atom stereocenters. The van der Waals surface area contributed by atoms with Crippen LogP contribution in [-0.2, 0) is 24.1 Å². The largest absolute Gasteiger partial charge is 0.381 e. The Morgan fingerprint density at radius 2 is 2.24 bits per heavy atom. The summed E-state index contributed by atoms with van der Waals surface area (Å²) in [6, 6.07) is 2.16. The van der Waals surface area contributed by atoms with Gasteiger partial charge in [0.1, 0.15) is 11.6 Å². The number of hydrogen-bond acceptors (Lipinski definition) is 6. The fourth-order valence-electron chi connectivity index (χ4n) is 3.77. The number of fused-ring (bicyclic) bond motifs is 1. The molecule has 1 fully saturated rings. The Kier molecular flexibility index (Phi) is 5.29. The number of anilines is 1. The molecule has 0 aliphatic carbocycles. The third-order valence-electron chi connectivity index (χ3n) is 5.13. The van der Waals surface area contributed by atoms with E-state index in [0.29, 0.717) is 5.92 Å². The molecular formula is C19H26N4OS. The van der Waals surface area contributed by atoms with Crippen molar-refractivity contribution in [1.29, 1.82) is 0 Å². The monoisotopic (exact) mass is 358 g/mol. The molecule has 0 aromatic carbocycles. The average Bonchev–Trinajstić information content (AvgIpc) is 3.26. The fraction of sp³-hybridized carbons (Fsp3) is 0.579. The smallest absolute Gasteiger partial charge is 0.133 e. The van der Waals surface area contributed by atoms with E-state index < -0.39 is 0 Å². The average molecular weight is 359 g/mol. The molecule has 1 N–H and O–H groups in total. The molecule has 25 heavy (non-hydrogen) atoms. The number of nitrogens with one attached hydrogen (secondary N) is 1. The van der Waals surface area contributed by atoms with Gasteiger partial charge in [-0.25, -0.2) is 9.97 Å². The maximum atomic E-state index is 5.54. The van der Waals surface area contributed by atoms with E-state index in [-0.39, 0.29) is 0 Å². The van der Waals surface area contributed by atoms with Gasteiger partial charge in [-0.3, -0.25) is 0 Å². The van der Waals surface area contributed by atoms with Gasteiger partial charge in [-0.15, -0.1) is 0 Å². The quantitative estimate of drug-likeness (QED) is 0.891. The lowest BCUT2D eigenvalue weighted by molar-refractivity contribution is 0.168. The molecule has 2 aliphatic heterocycles. The van der Waals surface area contributed by atoms with Crippen LogP contribution >= 0.6 is 11.3 Å². The van der Waals surface area contributed by atoms with Crippen molar-refractivity contribution in [2.24, 2.45) is 5.92 Å². The summed E-state index contributed by atoms with van der Waals surface area (Å²) in [6.07, 6.45) is 3.24. The van der Waals surface area contributed by atoms with Crippen LogP contribution in [0.2, 0.25) is 0 Å². The summed E-state index contributed by atoms with van der Waals surface area (Å²) in [7, 11) is 0. The number of aryl methyl sites for hydroxylation is 1. The zero-order valence-corrected chi connectivity index (χ0v) is 15.6. The summed E-state index contributed by atoms with van der Waals surface area (Å²) in [5, 5.41) is 7.85. The summed E-state index contributed by atoms with van der Waals surface area (Å²) in [6.45, 7) is 8.00. The molecule has 0 amide bonds. The zero-order valence-electron chi connectivity index (χ0n) is 14.8. The summed E-state index contributed by atoms with van der Waals surface area (Å²) in [5.74, 6) is 2.59. The van der Waals surface area contributed by atoms with Gasteiger partial charge in [0.15, 0.2) is 0 Å². The van der Waals surface area contributed by atoms with Gasteiger partial charge < -0.3 is 15.0 Å². The van der Waals surface area contributed by atoms with Crippen LogP contribution in [0.25, 0.3) is 0 Å². The molecule has 4 heterocycles. The van der Waals surface area contributed by atoms with Crippen molar-refractivity contribution in [3.63, 3.8) is 0 Å². The SMILES string of the molecule is Cc1nc2c(c(NCc3ccsc3)n1)CCN(CC1CCOC1)CC2. The number of rotatable bonds is 5. The Labute approximate surface area is 153 Å². The van der Waals surface area contributed by atoms with Crippen LogP contribution in [0.1, 0.15) is 29.1 Å². The molecular weight excluding hydrogens is 332 g/mol. The maximum Gasteiger partial charge on any atom is 0.133 e. The number of nitrogens with zero attached hydrogens (tertiary/aromatic N) is 3. The van der Waals surface area contributed by atoms with Gasteiger partial charge in [0.2, 0.25) is 0 Å². The van der Waals surface area contributed by atoms with E-state index in [0.717, 1.165) is 63.9 Å². The Hall–Kier alpha value is -1.50. The lowest BCUT2D eigenvalue weighted by Gasteiger charge is -2.22. The van der Waals surface area contributed by atoms with E-state index in [4.69, 9.17) is 14.7 Å². The first-order chi connectivity index (χ1) is 12.3. The molecule has 0 bridgehead atoms. The van der Waals surface area contributed by atoms with Crippen molar-refractivity contribution in [3.05, 3.63) is 39.5 Å². The second-order valence-electron chi connectivity index (χ2n) is 7.06. The summed E-state index contributed by atoms with van der Waals surface area (Å²) in [4.78, 5) is 12.0. The lowest BCUT2D eigenvalue weighted by Crippen LogP contribution is -2.32. The maximum absolute atomic E-state index is 5.54. The van der Waals surface area contributed by atoms with Crippen molar-refractivity contribution in [2.75, 3.05) is 38.2 Å². The minimum Gasteiger partial charge on any atom is -0.381 e. The van der Waals surface area contributed by atoms with E-state index in [2.05, 4.69) is 27.0 Å². The minimum atomic E-state index is 0.699. The second kappa shape index (κ2) is 7.81. The van der Waals surface area contributed by atoms with E-state index in [1.54, 1.807) is 11.3 Å². The Morgan fingerprint density at radius 1 is 1.32 bits per heavy atom. The molecule has 0 spiro atoms. The molecule has 0 saturated carbocycles. The number of hydrogen-bond donors (Lipinski definition) is 1. The van der Waals surface area contributed by atoms with E-state index in [9.17, 15) is 0 Å². The van der Waals surface area contributed by atoms with E-state index in [1.807, 2.05) is 6.92 Å². The third kappa shape index (κ3) is 4.19. The van der Waals surface area contributed by atoms with Gasteiger partial charge in [-0.2, -0.15) is 11.3 Å². The van der Waals surface area contributed by atoms with Gasteiger partial charge in [0.25, 0.3) is 0 Å². The Balaban J connectivity index is 1.46. The van der Waals surface area contributed by atoms with Gasteiger partial charge in [-0.05, 0) is 48.1 Å². The molecule has 1 saturated heterocycles. The highest BCUT2D eigenvalue weighted by molar-refractivity contribution is 7.07. The topological polar surface area (TPSA) is 50.3 Å². The molecule has 2 aromatic rings. The van der Waals surface area contributed by atoms with Crippen LogP contribution in [-0.4, -0.2) is 47.7 Å². The first kappa shape index (κ1) is 16.9. The van der Waals surface area contributed by atoms with Crippen molar-refractivity contribution in [1.82, 2.24) is 14.9 Å². The van der Waals surface area contributed by atoms with Crippen molar-refractivity contribution >= 4 is 17.2 Å². The molecule has 0 radical (unpaired) electrons. The van der Waals surface area contributed by atoms with E-state index in [1.165, 1.54) is 23.2 Å². The highest BCUT2D eigenvalue weighted by Crippen LogP contribution is 2.24. The number of aromatic nitrogens is 2. The standard InChI is InChI=1S/C19H26N4OS/c1-14-21-18-3-7-23(11-16-4-8-24-12-16)6-2-17(18)19(22-14)20-10-15-5-9-25-13-15/h5,9,13,16H,2-4,6-8,10-12H2,1H3,(H,20,21,22). The summed E-state index contributed by atoms with van der Waals surface area (Å²) >= 11 is 1.74. The van der Waals surface area contributed by atoms with Crippen molar-refractivity contribution in [2.45, 2.75) is 32.7 Å². The first-order valence-electron chi connectivity index (χ1n) is 9.19. The highest BCUT2D eigenvalue weighted by atomic mass is 32.1. The second-order valence-corrected chi connectivity index (χ2v) is 7.84. The predicted octanol–water partition coefficient (Wildman–Crippen LogP) is 2.90. The van der Waals surface area contributed by atoms with E-state index >= 15 is 0 Å². The Bertz CT molecular complexity index is 698. The predicted molar refractivity (Wildman–Crippen MR) is 101 cm³/mol. The Morgan fingerprint density at radius 3 is 3.04 bits per heavy atom. The summed E-state index contributed by atoms with van der Waals surface area (Å²) in [5.41, 5.74) is 3.85. The van der Waals surface area contributed by atoms with Crippen molar-refractivity contribution < 1.29 is 4.74 Å². The van der Waals surface area contributed by atoms with Gasteiger partial charge in [0.05, 0.1) is 12.3 Å². The third-order valence-corrected chi connectivity index (χ3v) is 5.86. The number of thiophene rings is 1. The van der Waals surface area contributed by atoms with Crippen LogP contribution in [0.15, 0.2) is 16.8 Å². The molecule has 4 rings (SSSR count). The first-order valence-corrected chi connectivity index (χ1v) is 10.1. The molecule has 1 atom stereocenters. The molecule has 5 nitrogen and oxygen atoms in total. The van der Waals surface area contributed by atoms with Gasteiger partial charge in [0, 0.05) is 44.8 Å².